The fourth-order valence-corrected chi connectivity index (χ4v) is 5.46. The van der Waals surface area contributed by atoms with Gasteiger partial charge in [-0.25, -0.2) is 9.59 Å². The van der Waals surface area contributed by atoms with Gasteiger partial charge in [-0.05, 0) is 32.1 Å². The summed E-state index contributed by atoms with van der Waals surface area (Å²) in [5, 5.41) is 9.29. The molecule has 4 N–H and O–H groups in total. The Bertz CT molecular complexity index is 633. The Labute approximate surface area is 194 Å². The summed E-state index contributed by atoms with van der Waals surface area (Å²) in [4.78, 5) is 51.2. The van der Waals surface area contributed by atoms with E-state index in [1.807, 2.05) is 11.8 Å². The molecule has 0 spiro atoms. The van der Waals surface area contributed by atoms with Gasteiger partial charge in [-0.15, -0.1) is 0 Å². The highest BCUT2D eigenvalue weighted by Gasteiger charge is 2.42. The van der Waals surface area contributed by atoms with Crippen molar-refractivity contribution in [2.24, 2.45) is 0 Å². The SMILES string of the molecule is CCCCCC(=O)ONC(=O)CCCCCNC(=O)CCCC[C@@H]1SC[C@@H]2NC(=O)N[C@@H]21. The zero-order valence-electron chi connectivity index (χ0n) is 19.1. The Hall–Kier alpha value is -1.97. The molecule has 2 aliphatic rings. The van der Waals surface area contributed by atoms with E-state index in [0.29, 0.717) is 37.5 Å². The summed E-state index contributed by atoms with van der Waals surface area (Å²) in [5.41, 5.74) is 2.20. The fraction of sp³-hybridized carbons (Fsp3) is 0.818. The van der Waals surface area contributed by atoms with Crippen LogP contribution in [0.25, 0.3) is 0 Å². The van der Waals surface area contributed by atoms with Crippen LogP contribution in [0.4, 0.5) is 4.79 Å². The van der Waals surface area contributed by atoms with Crippen LogP contribution in [-0.4, -0.2) is 53.4 Å². The zero-order chi connectivity index (χ0) is 23.2. The van der Waals surface area contributed by atoms with Crippen LogP contribution in [0.15, 0.2) is 0 Å². The molecular formula is C22H38N4O5S. The van der Waals surface area contributed by atoms with Crippen molar-refractivity contribution >= 4 is 35.6 Å². The third kappa shape index (κ3) is 10.1. The van der Waals surface area contributed by atoms with Crippen LogP contribution in [-0.2, 0) is 19.2 Å². The minimum Gasteiger partial charge on any atom is -0.356 e. The monoisotopic (exact) mass is 470 g/mol. The third-order valence-electron chi connectivity index (χ3n) is 5.75. The highest BCUT2D eigenvalue weighted by molar-refractivity contribution is 8.00. The van der Waals surface area contributed by atoms with Gasteiger partial charge in [-0.1, -0.05) is 32.6 Å². The van der Waals surface area contributed by atoms with E-state index in [4.69, 9.17) is 4.84 Å². The van der Waals surface area contributed by atoms with E-state index in [0.717, 1.165) is 57.1 Å². The van der Waals surface area contributed by atoms with Gasteiger partial charge < -0.3 is 20.8 Å². The van der Waals surface area contributed by atoms with Gasteiger partial charge in [-0.2, -0.15) is 17.2 Å². The van der Waals surface area contributed by atoms with Crippen molar-refractivity contribution in [2.45, 2.75) is 101 Å². The number of hydrogen-bond acceptors (Lipinski definition) is 6. The first kappa shape index (κ1) is 26.3. The second-order valence-electron chi connectivity index (χ2n) is 8.48. The maximum absolute atomic E-state index is 12.0. The smallest absolute Gasteiger partial charge is 0.332 e. The maximum atomic E-state index is 12.0. The van der Waals surface area contributed by atoms with E-state index in [1.54, 1.807) is 0 Å². The summed E-state index contributed by atoms with van der Waals surface area (Å²) in [6.45, 7) is 2.66. The zero-order valence-corrected chi connectivity index (χ0v) is 19.9. The molecule has 182 valence electrons. The largest absolute Gasteiger partial charge is 0.356 e. The molecule has 32 heavy (non-hydrogen) atoms. The number of unbranched alkanes of at least 4 members (excludes halogenated alkanes) is 5. The molecule has 0 saturated carbocycles. The highest BCUT2D eigenvalue weighted by atomic mass is 32.2. The average Bonchev–Trinajstić information content (AvgIpc) is 3.31. The van der Waals surface area contributed by atoms with Gasteiger partial charge in [0.2, 0.25) is 5.91 Å². The second kappa shape index (κ2) is 15.0. The lowest BCUT2D eigenvalue weighted by molar-refractivity contribution is -0.158. The van der Waals surface area contributed by atoms with E-state index in [2.05, 4.69) is 28.4 Å². The fourth-order valence-electron chi connectivity index (χ4n) is 3.91. The Morgan fingerprint density at radius 1 is 0.969 bits per heavy atom. The van der Waals surface area contributed by atoms with Crippen LogP contribution in [0.2, 0.25) is 0 Å². The van der Waals surface area contributed by atoms with Crippen LogP contribution < -0.4 is 21.4 Å². The summed E-state index contributed by atoms with van der Waals surface area (Å²) in [6, 6.07) is 0.408. The van der Waals surface area contributed by atoms with Crippen molar-refractivity contribution in [3.63, 3.8) is 0 Å². The van der Waals surface area contributed by atoms with E-state index in [-0.39, 0.29) is 29.9 Å². The summed E-state index contributed by atoms with van der Waals surface area (Å²) in [5.74, 6) is 0.326. The number of amides is 4. The Balaban J connectivity index is 1.38. The van der Waals surface area contributed by atoms with Gasteiger partial charge in [-0.3, -0.25) is 9.59 Å². The predicted molar refractivity (Wildman–Crippen MR) is 124 cm³/mol. The normalized spacial score (nSPS) is 21.4. The third-order valence-corrected chi connectivity index (χ3v) is 7.26. The predicted octanol–water partition coefficient (Wildman–Crippen LogP) is 2.54. The molecular weight excluding hydrogens is 432 g/mol. The Morgan fingerprint density at radius 2 is 1.72 bits per heavy atom. The van der Waals surface area contributed by atoms with E-state index in [1.165, 1.54) is 0 Å². The molecule has 0 aromatic heterocycles. The van der Waals surface area contributed by atoms with Crippen molar-refractivity contribution < 1.29 is 24.0 Å². The Morgan fingerprint density at radius 3 is 2.53 bits per heavy atom. The number of nitrogens with one attached hydrogen (secondary N) is 4. The van der Waals surface area contributed by atoms with Crippen molar-refractivity contribution in [3.8, 4) is 0 Å². The number of fused-ring (bicyclic) bond motifs is 1. The summed E-state index contributed by atoms with van der Waals surface area (Å²) >= 11 is 1.90. The molecule has 9 nitrogen and oxygen atoms in total. The van der Waals surface area contributed by atoms with Crippen LogP contribution >= 0.6 is 11.8 Å². The van der Waals surface area contributed by atoms with Gasteiger partial charge in [0.15, 0.2) is 0 Å². The number of hydroxylamine groups is 1. The van der Waals surface area contributed by atoms with Crippen molar-refractivity contribution in [1.29, 1.82) is 0 Å². The number of thioether (sulfide) groups is 1. The first-order valence-corrected chi connectivity index (χ1v) is 13.0. The van der Waals surface area contributed by atoms with Crippen molar-refractivity contribution in [2.75, 3.05) is 12.3 Å². The maximum Gasteiger partial charge on any atom is 0.332 e. The molecule has 2 heterocycles. The molecule has 0 unspecified atom stereocenters. The lowest BCUT2D eigenvalue weighted by Crippen LogP contribution is -2.36. The van der Waals surface area contributed by atoms with Crippen LogP contribution in [0.5, 0.6) is 0 Å². The second-order valence-corrected chi connectivity index (χ2v) is 9.76. The molecule has 2 rings (SSSR count). The molecule has 0 aliphatic carbocycles. The van der Waals surface area contributed by atoms with Gasteiger partial charge in [0, 0.05) is 36.8 Å². The minimum atomic E-state index is -0.400. The number of rotatable bonds is 15. The highest BCUT2D eigenvalue weighted by Crippen LogP contribution is 2.33. The average molecular weight is 471 g/mol. The van der Waals surface area contributed by atoms with Crippen LogP contribution in [0.3, 0.4) is 0 Å². The van der Waals surface area contributed by atoms with Crippen LogP contribution in [0.1, 0.15) is 84.0 Å². The quantitative estimate of drug-likeness (QED) is 0.166. The molecule has 3 atom stereocenters. The number of carbonyl (C=O) groups excluding carboxylic acids is 4. The summed E-state index contributed by atoms with van der Waals surface area (Å²) in [6.07, 6.45) is 9.05. The molecule has 0 aromatic rings. The van der Waals surface area contributed by atoms with Gasteiger partial charge in [0.1, 0.15) is 0 Å². The van der Waals surface area contributed by atoms with Gasteiger partial charge in [0.05, 0.1) is 12.1 Å². The minimum absolute atomic E-state index is 0.0607. The number of hydrogen-bond donors (Lipinski definition) is 4. The standard InChI is InChI=1S/C22H38N4O5S/c1-2-3-5-13-20(29)31-26-19(28)12-6-4-9-14-23-18(27)11-8-7-10-17-21-16(15-32-17)24-22(30)25-21/h16-17,21H,2-15H2,1H3,(H,23,27)(H,26,28)(H2,24,25,30)/t16-,17-,21-/m0/s1. The first-order valence-electron chi connectivity index (χ1n) is 11.9. The van der Waals surface area contributed by atoms with Gasteiger partial charge >= 0.3 is 12.0 Å². The lowest BCUT2D eigenvalue weighted by atomic mass is 10.0. The topological polar surface area (TPSA) is 126 Å². The summed E-state index contributed by atoms with van der Waals surface area (Å²) < 4.78 is 0. The molecule has 0 radical (unpaired) electrons. The molecule has 0 aromatic carbocycles. The number of urea groups is 1. The Kier molecular flexibility index (Phi) is 12.3. The molecule has 2 saturated heterocycles. The number of carbonyl (C=O) groups is 4. The van der Waals surface area contributed by atoms with Crippen LogP contribution in [0, 0.1) is 0 Å². The van der Waals surface area contributed by atoms with Crippen molar-refractivity contribution in [3.05, 3.63) is 0 Å². The van der Waals surface area contributed by atoms with E-state index >= 15 is 0 Å². The van der Waals surface area contributed by atoms with Crippen molar-refractivity contribution in [1.82, 2.24) is 21.4 Å². The molecule has 0 bridgehead atoms. The molecule has 10 heteroatoms. The van der Waals surface area contributed by atoms with Gasteiger partial charge in [0.25, 0.3) is 5.91 Å². The molecule has 2 aliphatic heterocycles. The molecule has 4 amide bonds. The van der Waals surface area contributed by atoms with E-state index in [9.17, 15) is 19.2 Å². The lowest BCUT2D eigenvalue weighted by Gasteiger charge is -2.16. The summed E-state index contributed by atoms with van der Waals surface area (Å²) in [7, 11) is 0. The van der Waals surface area contributed by atoms with E-state index < -0.39 is 5.97 Å². The first-order chi connectivity index (χ1) is 15.5. The molecule has 2 fully saturated rings.